The summed E-state index contributed by atoms with van der Waals surface area (Å²) in [6.07, 6.45) is 2.20. The molecule has 2 heterocycles. The number of nitrogens with zero attached hydrogens (tertiary/aromatic N) is 4. The van der Waals surface area contributed by atoms with E-state index in [1.165, 1.54) is 11.8 Å². The van der Waals surface area contributed by atoms with Gasteiger partial charge in [-0.15, -0.1) is 10.2 Å². The maximum Gasteiger partial charge on any atom is 0.233 e. The van der Waals surface area contributed by atoms with E-state index in [0.29, 0.717) is 5.75 Å². The fourth-order valence-corrected chi connectivity index (χ4v) is 3.72. The van der Waals surface area contributed by atoms with Gasteiger partial charge in [0.05, 0.1) is 12.9 Å². The van der Waals surface area contributed by atoms with Crippen LogP contribution in [-0.2, 0) is 11.8 Å². The van der Waals surface area contributed by atoms with Gasteiger partial charge in [-0.3, -0.25) is 4.79 Å². The first-order valence-electron chi connectivity index (χ1n) is 8.53. The first-order valence-corrected chi connectivity index (χ1v) is 9.51. The number of hydrogen-bond donors (Lipinski definition) is 0. The molecule has 1 aromatic heterocycles. The minimum Gasteiger partial charge on any atom is -0.497 e. The molecule has 0 atom stereocenters. The summed E-state index contributed by atoms with van der Waals surface area (Å²) in [6, 6.07) is 7.71. The Labute approximate surface area is 152 Å². The van der Waals surface area contributed by atoms with E-state index in [4.69, 9.17) is 4.74 Å². The number of carbonyl (C=O) groups excluding carboxylic acids is 1. The number of piperidine rings is 1. The van der Waals surface area contributed by atoms with Crippen LogP contribution in [0.15, 0.2) is 29.4 Å². The Morgan fingerprint density at radius 2 is 1.92 bits per heavy atom. The Morgan fingerprint density at radius 1 is 1.24 bits per heavy atom. The zero-order chi connectivity index (χ0) is 17.8. The summed E-state index contributed by atoms with van der Waals surface area (Å²) in [5, 5.41) is 9.26. The molecule has 25 heavy (non-hydrogen) atoms. The van der Waals surface area contributed by atoms with Gasteiger partial charge in [-0.2, -0.15) is 0 Å². The maximum absolute atomic E-state index is 12.4. The number of amides is 1. The Hall–Kier alpha value is -2.02. The van der Waals surface area contributed by atoms with Crippen LogP contribution in [0.5, 0.6) is 5.75 Å². The zero-order valence-electron chi connectivity index (χ0n) is 14.9. The number of aromatic nitrogens is 3. The molecular formula is C18H24N4O2S. The van der Waals surface area contributed by atoms with Crippen LogP contribution >= 0.6 is 11.8 Å². The molecule has 1 aromatic carbocycles. The fraction of sp³-hybridized carbons (Fsp3) is 0.500. The summed E-state index contributed by atoms with van der Waals surface area (Å²) in [5.74, 6) is 2.91. The molecule has 134 valence electrons. The molecule has 0 saturated carbocycles. The highest BCUT2D eigenvalue weighted by atomic mass is 32.2. The second-order valence-corrected chi connectivity index (χ2v) is 7.39. The molecule has 1 aliphatic heterocycles. The van der Waals surface area contributed by atoms with Gasteiger partial charge in [0.15, 0.2) is 11.0 Å². The molecule has 1 amide bonds. The average Bonchev–Trinajstić information content (AvgIpc) is 3.01. The topological polar surface area (TPSA) is 60.3 Å². The van der Waals surface area contributed by atoms with E-state index >= 15 is 0 Å². The summed E-state index contributed by atoms with van der Waals surface area (Å²) in [5.41, 5.74) is 0.971. The number of thioether (sulfide) groups is 1. The highest BCUT2D eigenvalue weighted by Crippen LogP contribution is 2.25. The van der Waals surface area contributed by atoms with Crippen LogP contribution in [0, 0.1) is 5.92 Å². The van der Waals surface area contributed by atoms with E-state index in [9.17, 15) is 4.79 Å². The quantitative estimate of drug-likeness (QED) is 0.768. The predicted molar refractivity (Wildman–Crippen MR) is 98.7 cm³/mol. The van der Waals surface area contributed by atoms with Crippen molar-refractivity contribution in [2.45, 2.75) is 24.9 Å². The van der Waals surface area contributed by atoms with Crippen LogP contribution in [0.4, 0.5) is 0 Å². The summed E-state index contributed by atoms with van der Waals surface area (Å²) in [6.45, 7) is 3.99. The van der Waals surface area contributed by atoms with E-state index < -0.39 is 0 Å². The molecule has 0 spiro atoms. The van der Waals surface area contributed by atoms with Crippen molar-refractivity contribution < 1.29 is 9.53 Å². The molecule has 0 bridgehead atoms. The Kier molecular flexibility index (Phi) is 5.63. The average molecular weight is 360 g/mol. The van der Waals surface area contributed by atoms with Crippen molar-refractivity contribution in [2.24, 2.45) is 13.0 Å². The van der Waals surface area contributed by atoms with E-state index in [0.717, 1.165) is 54.1 Å². The molecule has 0 aliphatic carbocycles. The van der Waals surface area contributed by atoms with Crippen molar-refractivity contribution in [3.8, 4) is 17.1 Å². The number of methoxy groups -OCH3 is 1. The normalized spacial score (nSPS) is 15.4. The number of hydrogen-bond acceptors (Lipinski definition) is 5. The largest absolute Gasteiger partial charge is 0.497 e. The molecule has 6 nitrogen and oxygen atoms in total. The lowest BCUT2D eigenvalue weighted by atomic mass is 9.99. The van der Waals surface area contributed by atoms with Crippen molar-refractivity contribution in [1.82, 2.24) is 19.7 Å². The molecule has 0 N–H and O–H groups in total. The van der Waals surface area contributed by atoms with Gasteiger partial charge in [0.1, 0.15) is 5.75 Å². The van der Waals surface area contributed by atoms with Crippen LogP contribution in [0.3, 0.4) is 0 Å². The molecule has 1 fully saturated rings. The standard InChI is InChI=1S/C18H24N4O2S/c1-13-8-10-22(11-9-13)16(23)12-25-18-20-19-17(21(18)2)14-4-6-15(24-3)7-5-14/h4-7,13H,8-12H2,1-3H3. The SMILES string of the molecule is COc1ccc(-c2nnc(SCC(=O)N3CCC(C)CC3)n2C)cc1. The molecule has 7 heteroatoms. The van der Waals surface area contributed by atoms with Gasteiger partial charge in [-0.1, -0.05) is 18.7 Å². The first kappa shape index (κ1) is 17.8. The van der Waals surface area contributed by atoms with E-state index in [1.807, 2.05) is 40.8 Å². The zero-order valence-corrected chi connectivity index (χ0v) is 15.8. The lowest BCUT2D eigenvalue weighted by Crippen LogP contribution is -2.38. The third-order valence-electron chi connectivity index (χ3n) is 4.64. The highest BCUT2D eigenvalue weighted by Gasteiger charge is 2.21. The third-order valence-corrected chi connectivity index (χ3v) is 5.65. The summed E-state index contributed by atoms with van der Waals surface area (Å²) in [7, 11) is 3.57. The molecule has 0 unspecified atom stereocenters. The lowest BCUT2D eigenvalue weighted by molar-refractivity contribution is -0.129. The molecule has 1 aliphatic rings. The fourth-order valence-electron chi connectivity index (χ4n) is 2.91. The summed E-state index contributed by atoms with van der Waals surface area (Å²) >= 11 is 1.45. The van der Waals surface area contributed by atoms with Crippen LogP contribution < -0.4 is 4.74 Å². The van der Waals surface area contributed by atoms with Crippen molar-refractivity contribution in [3.63, 3.8) is 0 Å². The van der Waals surface area contributed by atoms with Gasteiger partial charge in [0.25, 0.3) is 0 Å². The van der Waals surface area contributed by atoms with Crippen molar-refractivity contribution in [3.05, 3.63) is 24.3 Å². The van der Waals surface area contributed by atoms with Gasteiger partial charge in [0, 0.05) is 25.7 Å². The monoisotopic (exact) mass is 360 g/mol. The second-order valence-electron chi connectivity index (χ2n) is 6.45. The summed E-state index contributed by atoms with van der Waals surface area (Å²) < 4.78 is 7.11. The number of carbonyl (C=O) groups is 1. The van der Waals surface area contributed by atoms with Gasteiger partial charge in [-0.05, 0) is 43.0 Å². The second kappa shape index (κ2) is 7.91. The van der Waals surface area contributed by atoms with Gasteiger partial charge in [0.2, 0.25) is 5.91 Å². The molecule has 1 saturated heterocycles. The van der Waals surface area contributed by atoms with Crippen LogP contribution in [0.1, 0.15) is 19.8 Å². The Bertz CT molecular complexity index is 721. The van der Waals surface area contributed by atoms with E-state index in [1.54, 1.807) is 7.11 Å². The number of likely N-dealkylation sites (tertiary alicyclic amines) is 1. The van der Waals surface area contributed by atoms with Crippen LogP contribution in [0.2, 0.25) is 0 Å². The van der Waals surface area contributed by atoms with Gasteiger partial charge >= 0.3 is 0 Å². The first-order chi connectivity index (χ1) is 12.1. The highest BCUT2D eigenvalue weighted by molar-refractivity contribution is 7.99. The predicted octanol–water partition coefficient (Wildman–Crippen LogP) is 2.84. The van der Waals surface area contributed by atoms with E-state index in [2.05, 4.69) is 17.1 Å². The van der Waals surface area contributed by atoms with Gasteiger partial charge < -0.3 is 14.2 Å². The Morgan fingerprint density at radius 3 is 2.56 bits per heavy atom. The Balaban J connectivity index is 1.62. The van der Waals surface area contributed by atoms with Crippen molar-refractivity contribution in [2.75, 3.05) is 26.0 Å². The van der Waals surface area contributed by atoms with Crippen molar-refractivity contribution in [1.29, 1.82) is 0 Å². The minimum atomic E-state index is 0.186. The van der Waals surface area contributed by atoms with Crippen LogP contribution in [0.25, 0.3) is 11.4 Å². The van der Waals surface area contributed by atoms with E-state index in [-0.39, 0.29) is 5.91 Å². The molecule has 3 rings (SSSR count). The van der Waals surface area contributed by atoms with Crippen LogP contribution in [-0.4, -0.2) is 51.5 Å². The molecular weight excluding hydrogens is 336 g/mol. The number of rotatable bonds is 5. The minimum absolute atomic E-state index is 0.186. The van der Waals surface area contributed by atoms with Gasteiger partial charge in [-0.25, -0.2) is 0 Å². The summed E-state index contributed by atoms with van der Waals surface area (Å²) in [4.78, 5) is 14.3. The van der Waals surface area contributed by atoms with Crippen molar-refractivity contribution >= 4 is 17.7 Å². The molecule has 2 aromatic rings. The number of ether oxygens (including phenoxy) is 1. The maximum atomic E-state index is 12.4. The third kappa shape index (κ3) is 4.15. The number of benzene rings is 1. The lowest BCUT2D eigenvalue weighted by Gasteiger charge is -2.30. The molecule has 0 radical (unpaired) electrons. The smallest absolute Gasteiger partial charge is 0.233 e.